The standard InChI is InChI=1S/C23H27F2N3O2/c1-2-28(19-10-11-20(24)21(25)14-19)23(30)22(29)26-15-17-8-4-5-9-18(17)16-27-12-6-3-7-13-27/h4-5,8-11,14H,2-3,6-7,12-13,15-16H2,1H3,(H,26,29). The van der Waals surface area contributed by atoms with Crippen LogP contribution in [0.25, 0.3) is 0 Å². The van der Waals surface area contributed by atoms with E-state index in [1.54, 1.807) is 6.92 Å². The number of nitrogens with zero attached hydrogens (tertiary/aromatic N) is 2. The Morgan fingerprint density at radius 3 is 2.37 bits per heavy atom. The maximum absolute atomic E-state index is 13.5. The van der Waals surface area contributed by atoms with Crippen molar-refractivity contribution in [3.05, 3.63) is 65.2 Å². The van der Waals surface area contributed by atoms with Crippen molar-refractivity contribution in [1.29, 1.82) is 0 Å². The molecule has 3 rings (SSSR count). The summed E-state index contributed by atoms with van der Waals surface area (Å²) in [6, 6.07) is 11.0. The number of carbonyl (C=O) groups is 2. The third kappa shape index (κ3) is 5.42. The van der Waals surface area contributed by atoms with Gasteiger partial charge in [-0.3, -0.25) is 14.5 Å². The molecular formula is C23H27F2N3O2. The number of rotatable bonds is 6. The molecule has 0 radical (unpaired) electrons. The zero-order valence-corrected chi connectivity index (χ0v) is 17.2. The van der Waals surface area contributed by atoms with E-state index in [-0.39, 0.29) is 18.8 Å². The molecule has 30 heavy (non-hydrogen) atoms. The molecule has 0 saturated carbocycles. The van der Waals surface area contributed by atoms with Gasteiger partial charge in [0.1, 0.15) is 0 Å². The Labute approximate surface area is 175 Å². The first-order valence-corrected chi connectivity index (χ1v) is 10.3. The molecule has 1 saturated heterocycles. The van der Waals surface area contributed by atoms with Gasteiger partial charge >= 0.3 is 11.8 Å². The monoisotopic (exact) mass is 415 g/mol. The molecule has 2 aromatic carbocycles. The van der Waals surface area contributed by atoms with Crippen LogP contribution < -0.4 is 10.2 Å². The van der Waals surface area contributed by atoms with Gasteiger partial charge in [-0.1, -0.05) is 30.7 Å². The maximum Gasteiger partial charge on any atom is 0.316 e. The van der Waals surface area contributed by atoms with Crippen molar-refractivity contribution in [3.8, 4) is 0 Å². The SMILES string of the molecule is CCN(C(=O)C(=O)NCc1ccccc1CN1CCCCC1)c1ccc(F)c(F)c1. The van der Waals surface area contributed by atoms with Crippen LogP contribution in [0.1, 0.15) is 37.3 Å². The highest BCUT2D eigenvalue weighted by Crippen LogP contribution is 2.19. The highest BCUT2D eigenvalue weighted by atomic mass is 19.2. The number of benzene rings is 2. The number of halogens is 2. The van der Waals surface area contributed by atoms with Crippen LogP contribution in [0, 0.1) is 11.6 Å². The molecule has 160 valence electrons. The average molecular weight is 415 g/mol. The normalized spacial score (nSPS) is 14.4. The molecule has 0 spiro atoms. The summed E-state index contributed by atoms with van der Waals surface area (Å²) in [4.78, 5) is 28.6. The topological polar surface area (TPSA) is 52.7 Å². The third-order valence-corrected chi connectivity index (χ3v) is 5.37. The van der Waals surface area contributed by atoms with Gasteiger partial charge in [-0.25, -0.2) is 8.78 Å². The van der Waals surface area contributed by atoms with Crippen LogP contribution in [0.2, 0.25) is 0 Å². The second-order valence-corrected chi connectivity index (χ2v) is 7.44. The summed E-state index contributed by atoms with van der Waals surface area (Å²) in [5.41, 5.74) is 2.22. The molecule has 7 heteroatoms. The summed E-state index contributed by atoms with van der Waals surface area (Å²) in [5, 5.41) is 2.67. The van der Waals surface area contributed by atoms with Crippen LogP contribution in [-0.4, -0.2) is 36.3 Å². The van der Waals surface area contributed by atoms with Crippen LogP contribution in [-0.2, 0) is 22.7 Å². The predicted molar refractivity (Wildman–Crippen MR) is 112 cm³/mol. The molecule has 0 aliphatic carbocycles. The second-order valence-electron chi connectivity index (χ2n) is 7.44. The largest absolute Gasteiger partial charge is 0.344 e. The van der Waals surface area contributed by atoms with Crippen LogP contribution in [0.4, 0.5) is 14.5 Å². The number of hydrogen-bond donors (Lipinski definition) is 1. The molecule has 0 atom stereocenters. The molecule has 1 heterocycles. The fourth-order valence-electron chi connectivity index (χ4n) is 3.71. The zero-order chi connectivity index (χ0) is 21.5. The van der Waals surface area contributed by atoms with E-state index in [1.165, 1.54) is 25.3 Å². The van der Waals surface area contributed by atoms with E-state index >= 15 is 0 Å². The molecular weight excluding hydrogens is 388 g/mol. The summed E-state index contributed by atoms with van der Waals surface area (Å²) < 4.78 is 26.7. The summed E-state index contributed by atoms with van der Waals surface area (Å²) >= 11 is 0. The fraction of sp³-hybridized carbons (Fsp3) is 0.391. The van der Waals surface area contributed by atoms with E-state index in [1.807, 2.05) is 24.3 Å². The number of carbonyl (C=O) groups excluding carboxylic acids is 2. The van der Waals surface area contributed by atoms with Gasteiger partial charge in [0.05, 0.1) is 0 Å². The maximum atomic E-state index is 13.5. The number of likely N-dealkylation sites (tertiary alicyclic amines) is 1. The third-order valence-electron chi connectivity index (χ3n) is 5.37. The van der Waals surface area contributed by atoms with Crippen LogP contribution >= 0.6 is 0 Å². The van der Waals surface area contributed by atoms with Crippen molar-refractivity contribution in [3.63, 3.8) is 0 Å². The van der Waals surface area contributed by atoms with Gasteiger partial charge in [-0.2, -0.15) is 0 Å². The molecule has 1 fully saturated rings. The predicted octanol–water partition coefficient (Wildman–Crippen LogP) is 3.62. The van der Waals surface area contributed by atoms with E-state index in [2.05, 4.69) is 10.2 Å². The van der Waals surface area contributed by atoms with Crippen LogP contribution in [0.5, 0.6) is 0 Å². The van der Waals surface area contributed by atoms with Crippen molar-refractivity contribution in [2.45, 2.75) is 39.3 Å². The van der Waals surface area contributed by atoms with Crippen molar-refractivity contribution in [2.75, 3.05) is 24.5 Å². The van der Waals surface area contributed by atoms with Gasteiger partial charge in [0.2, 0.25) is 0 Å². The molecule has 1 aliphatic heterocycles. The lowest BCUT2D eigenvalue weighted by Crippen LogP contribution is -2.43. The Morgan fingerprint density at radius 1 is 1.00 bits per heavy atom. The highest BCUT2D eigenvalue weighted by molar-refractivity contribution is 6.40. The molecule has 5 nitrogen and oxygen atoms in total. The van der Waals surface area contributed by atoms with Gasteiger partial charge in [0, 0.05) is 31.4 Å². The van der Waals surface area contributed by atoms with E-state index < -0.39 is 23.4 Å². The molecule has 0 unspecified atom stereocenters. The van der Waals surface area contributed by atoms with Crippen LogP contribution in [0.3, 0.4) is 0 Å². The van der Waals surface area contributed by atoms with E-state index in [0.717, 1.165) is 47.8 Å². The number of amides is 2. The molecule has 1 aliphatic rings. The smallest absolute Gasteiger partial charge is 0.316 e. The van der Waals surface area contributed by atoms with Crippen molar-refractivity contribution in [2.24, 2.45) is 0 Å². The summed E-state index contributed by atoms with van der Waals surface area (Å²) in [6.07, 6.45) is 3.66. The summed E-state index contributed by atoms with van der Waals surface area (Å²) in [6.45, 7) is 5.00. The van der Waals surface area contributed by atoms with E-state index in [0.29, 0.717) is 0 Å². The minimum Gasteiger partial charge on any atom is -0.344 e. The quantitative estimate of drug-likeness (QED) is 0.734. The highest BCUT2D eigenvalue weighted by Gasteiger charge is 2.23. The lowest BCUT2D eigenvalue weighted by molar-refractivity contribution is -0.137. The number of hydrogen-bond acceptors (Lipinski definition) is 3. The van der Waals surface area contributed by atoms with Crippen molar-refractivity contribution in [1.82, 2.24) is 10.2 Å². The minimum atomic E-state index is -1.06. The van der Waals surface area contributed by atoms with Crippen LogP contribution in [0.15, 0.2) is 42.5 Å². The van der Waals surface area contributed by atoms with Gasteiger partial charge in [0.15, 0.2) is 11.6 Å². The van der Waals surface area contributed by atoms with Gasteiger partial charge in [-0.15, -0.1) is 0 Å². The fourth-order valence-corrected chi connectivity index (χ4v) is 3.71. The molecule has 2 amide bonds. The Balaban J connectivity index is 1.64. The number of piperidine rings is 1. The average Bonchev–Trinajstić information content (AvgIpc) is 2.76. The van der Waals surface area contributed by atoms with E-state index in [9.17, 15) is 18.4 Å². The summed E-state index contributed by atoms with van der Waals surface area (Å²) in [7, 11) is 0. The van der Waals surface area contributed by atoms with Crippen molar-refractivity contribution >= 4 is 17.5 Å². The van der Waals surface area contributed by atoms with E-state index in [4.69, 9.17) is 0 Å². The minimum absolute atomic E-state index is 0.141. The second kappa shape index (κ2) is 10.3. The first-order chi connectivity index (χ1) is 14.5. The Morgan fingerprint density at radius 2 is 1.70 bits per heavy atom. The first-order valence-electron chi connectivity index (χ1n) is 10.3. The molecule has 2 aromatic rings. The van der Waals surface area contributed by atoms with Gasteiger partial charge < -0.3 is 10.2 Å². The summed E-state index contributed by atoms with van der Waals surface area (Å²) in [5.74, 6) is -3.66. The van der Waals surface area contributed by atoms with Gasteiger partial charge in [0.25, 0.3) is 0 Å². The Kier molecular flexibility index (Phi) is 7.52. The molecule has 0 bridgehead atoms. The lowest BCUT2D eigenvalue weighted by atomic mass is 10.0. The Bertz CT molecular complexity index is 898. The van der Waals surface area contributed by atoms with Gasteiger partial charge in [-0.05, 0) is 56.1 Å². The lowest BCUT2D eigenvalue weighted by Gasteiger charge is -2.27. The molecule has 1 N–H and O–H groups in total. The van der Waals surface area contributed by atoms with Crippen molar-refractivity contribution < 1.29 is 18.4 Å². The zero-order valence-electron chi connectivity index (χ0n) is 17.2. The first kappa shape index (κ1) is 21.9. The number of nitrogens with one attached hydrogen (secondary N) is 1. The number of anilines is 1. The Hall–Kier alpha value is -2.80. The number of likely N-dealkylation sites (N-methyl/N-ethyl adjacent to an activating group) is 1. The molecule has 0 aromatic heterocycles.